The molecule has 0 saturated carbocycles. The van der Waals surface area contributed by atoms with Crippen molar-refractivity contribution >= 4 is 33.4 Å². The molecule has 0 radical (unpaired) electrons. The van der Waals surface area contributed by atoms with Gasteiger partial charge in [-0.3, -0.25) is 4.79 Å². The van der Waals surface area contributed by atoms with Gasteiger partial charge in [-0.15, -0.1) is 0 Å². The third-order valence-electron chi connectivity index (χ3n) is 4.92. The lowest BCUT2D eigenvalue weighted by atomic mass is 10.1. The standard InChI is InChI=1S/C25H19N3O2/c29-24(16-30-21-14-11-17-5-1-2-6-19(17)15-21)26-20-12-9-18(10-13-20)25-27-22-7-3-4-8-23(22)28-25/h1-15H,16H2,(H,26,29)(H,27,28). The lowest BCUT2D eigenvalue weighted by Gasteiger charge is -2.09. The van der Waals surface area contributed by atoms with Gasteiger partial charge in [0.05, 0.1) is 11.0 Å². The molecule has 5 aromatic rings. The third-order valence-corrected chi connectivity index (χ3v) is 4.92. The lowest BCUT2D eigenvalue weighted by Crippen LogP contribution is -2.20. The summed E-state index contributed by atoms with van der Waals surface area (Å²) >= 11 is 0. The fraction of sp³-hybridized carbons (Fsp3) is 0.0400. The molecule has 0 saturated heterocycles. The molecule has 5 nitrogen and oxygen atoms in total. The van der Waals surface area contributed by atoms with Crippen molar-refractivity contribution in [3.05, 3.63) is 91.0 Å². The number of fused-ring (bicyclic) bond motifs is 2. The van der Waals surface area contributed by atoms with Gasteiger partial charge in [-0.2, -0.15) is 0 Å². The number of ether oxygens (including phenoxy) is 1. The van der Waals surface area contributed by atoms with E-state index in [2.05, 4.69) is 15.3 Å². The molecule has 0 spiro atoms. The van der Waals surface area contributed by atoms with Crippen LogP contribution in [0.25, 0.3) is 33.2 Å². The van der Waals surface area contributed by atoms with Crippen LogP contribution in [0.4, 0.5) is 5.69 Å². The number of rotatable bonds is 5. The van der Waals surface area contributed by atoms with E-state index in [1.54, 1.807) is 0 Å². The first-order valence-corrected chi connectivity index (χ1v) is 9.71. The van der Waals surface area contributed by atoms with E-state index in [9.17, 15) is 4.79 Å². The van der Waals surface area contributed by atoms with Crippen molar-refractivity contribution in [2.24, 2.45) is 0 Å². The second kappa shape index (κ2) is 7.72. The summed E-state index contributed by atoms with van der Waals surface area (Å²) in [4.78, 5) is 20.2. The molecule has 5 rings (SSSR count). The van der Waals surface area contributed by atoms with Crippen LogP contribution in [0.5, 0.6) is 5.75 Å². The van der Waals surface area contributed by atoms with Gasteiger partial charge in [0.2, 0.25) is 0 Å². The normalized spacial score (nSPS) is 10.9. The van der Waals surface area contributed by atoms with Crippen molar-refractivity contribution in [2.75, 3.05) is 11.9 Å². The van der Waals surface area contributed by atoms with E-state index in [1.807, 2.05) is 91.0 Å². The summed E-state index contributed by atoms with van der Waals surface area (Å²) in [5.74, 6) is 1.26. The third kappa shape index (κ3) is 3.73. The maximum absolute atomic E-state index is 12.3. The molecule has 0 aliphatic carbocycles. The minimum Gasteiger partial charge on any atom is -0.484 e. The number of anilines is 1. The van der Waals surface area contributed by atoms with Gasteiger partial charge in [0, 0.05) is 11.3 Å². The fourth-order valence-electron chi connectivity index (χ4n) is 3.40. The summed E-state index contributed by atoms with van der Waals surface area (Å²) in [6.45, 7) is -0.0519. The monoisotopic (exact) mass is 393 g/mol. The summed E-state index contributed by atoms with van der Waals surface area (Å²) in [7, 11) is 0. The molecule has 0 fully saturated rings. The number of H-pyrrole nitrogens is 1. The number of nitrogens with zero attached hydrogens (tertiary/aromatic N) is 1. The van der Waals surface area contributed by atoms with Crippen molar-refractivity contribution in [3.63, 3.8) is 0 Å². The van der Waals surface area contributed by atoms with E-state index < -0.39 is 0 Å². The highest BCUT2D eigenvalue weighted by Crippen LogP contribution is 2.23. The molecule has 0 unspecified atom stereocenters. The first-order chi connectivity index (χ1) is 14.7. The lowest BCUT2D eigenvalue weighted by molar-refractivity contribution is -0.118. The van der Waals surface area contributed by atoms with E-state index in [-0.39, 0.29) is 12.5 Å². The smallest absolute Gasteiger partial charge is 0.262 e. The Kier molecular flexibility index (Phi) is 4.62. The van der Waals surface area contributed by atoms with Gasteiger partial charge in [0.15, 0.2) is 6.61 Å². The predicted octanol–water partition coefficient (Wildman–Crippen LogP) is 5.40. The van der Waals surface area contributed by atoms with Crippen molar-refractivity contribution in [3.8, 4) is 17.1 Å². The van der Waals surface area contributed by atoms with Crippen LogP contribution in [0.15, 0.2) is 91.0 Å². The average molecular weight is 393 g/mol. The molecule has 0 bridgehead atoms. The zero-order chi connectivity index (χ0) is 20.3. The first kappa shape index (κ1) is 17.9. The molecule has 0 atom stereocenters. The maximum Gasteiger partial charge on any atom is 0.262 e. The number of aromatic amines is 1. The molecular weight excluding hydrogens is 374 g/mol. The quantitative estimate of drug-likeness (QED) is 0.420. The molecule has 1 heterocycles. The van der Waals surface area contributed by atoms with Gasteiger partial charge < -0.3 is 15.0 Å². The molecular formula is C25H19N3O2. The number of carbonyl (C=O) groups is 1. The Balaban J connectivity index is 1.22. The Morgan fingerprint density at radius 1 is 0.867 bits per heavy atom. The SMILES string of the molecule is O=C(COc1ccc2ccccc2c1)Nc1ccc(-c2nc3ccccc3[nH]2)cc1. The van der Waals surface area contributed by atoms with Crippen molar-refractivity contribution in [1.82, 2.24) is 9.97 Å². The predicted molar refractivity (Wildman–Crippen MR) is 120 cm³/mol. The van der Waals surface area contributed by atoms with Gasteiger partial charge in [-0.05, 0) is 59.3 Å². The highest BCUT2D eigenvalue weighted by atomic mass is 16.5. The summed E-state index contributed by atoms with van der Waals surface area (Å²) in [6, 6.07) is 29.3. The Bertz CT molecular complexity index is 1310. The number of para-hydroxylation sites is 2. The summed E-state index contributed by atoms with van der Waals surface area (Å²) in [5, 5.41) is 5.08. The highest BCUT2D eigenvalue weighted by molar-refractivity contribution is 5.92. The topological polar surface area (TPSA) is 67.0 Å². The molecule has 0 aliphatic heterocycles. The molecule has 4 aromatic carbocycles. The second-order valence-corrected chi connectivity index (χ2v) is 7.03. The van der Waals surface area contributed by atoms with E-state index in [4.69, 9.17) is 4.74 Å². The number of nitrogens with one attached hydrogen (secondary N) is 2. The molecule has 5 heteroatoms. The van der Waals surface area contributed by atoms with Crippen LogP contribution in [0, 0.1) is 0 Å². The minimum atomic E-state index is -0.209. The number of aromatic nitrogens is 2. The number of benzene rings is 4. The van der Waals surface area contributed by atoms with Gasteiger partial charge in [-0.1, -0.05) is 42.5 Å². The van der Waals surface area contributed by atoms with Crippen molar-refractivity contribution in [2.45, 2.75) is 0 Å². The van der Waals surface area contributed by atoms with E-state index in [1.165, 1.54) is 0 Å². The highest BCUT2D eigenvalue weighted by Gasteiger charge is 2.07. The Hall–Kier alpha value is -4.12. The molecule has 0 aliphatic rings. The van der Waals surface area contributed by atoms with Crippen LogP contribution >= 0.6 is 0 Å². The molecule has 1 aromatic heterocycles. The number of amides is 1. The van der Waals surface area contributed by atoms with Crippen molar-refractivity contribution in [1.29, 1.82) is 0 Å². The van der Waals surface area contributed by atoms with E-state index in [0.717, 1.165) is 33.2 Å². The number of carbonyl (C=O) groups excluding carboxylic acids is 1. The Labute approximate surface area is 173 Å². The zero-order valence-corrected chi connectivity index (χ0v) is 16.1. The second-order valence-electron chi connectivity index (χ2n) is 7.03. The van der Waals surface area contributed by atoms with Crippen molar-refractivity contribution < 1.29 is 9.53 Å². The van der Waals surface area contributed by atoms with Crippen LogP contribution in [0.2, 0.25) is 0 Å². The summed E-state index contributed by atoms with van der Waals surface area (Å²) < 4.78 is 5.65. The Morgan fingerprint density at radius 3 is 2.47 bits per heavy atom. The minimum absolute atomic E-state index is 0.0519. The van der Waals surface area contributed by atoms with Crippen LogP contribution in [0.1, 0.15) is 0 Å². The number of imidazole rings is 1. The molecule has 146 valence electrons. The maximum atomic E-state index is 12.3. The fourth-order valence-corrected chi connectivity index (χ4v) is 3.40. The van der Waals surface area contributed by atoms with E-state index >= 15 is 0 Å². The van der Waals surface area contributed by atoms with E-state index in [0.29, 0.717) is 11.4 Å². The average Bonchev–Trinajstić information content (AvgIpc) is 3.22. The number of hydrogen-bond acceptors (Lipinski definition) is 3. The van der Waals surface area contributed by atoms with Crippen LogP contribution in [-0.2, 0) is 4.79 Å². The van der Waals surface area contributed by atoms with Gasteiger partial charge in [-0.25, -0.2) is 4.98 Å². The van der Waals surface area contributed by atoms with Gasteiger partial charge in [0.1, 0.15) is 11.6 Å². The van der Waals surface area contributed by atoms with Gasteiger partial charge in [0.25, 0.3) is 5.91 Å². The first-order valence-electron chi connectivity index (χ1n) is 9.71. The number of hydrogen-bond donors (Lipinski definition) is 2. The van der Waals surface area contributed by atoms with Crippen LogP contribution < -0.4 is 10.1 Å². The summed E-state index contributed by atoms with van der Waals surface area (Å²) in [5.41, 5.74) is 3.59. The molecule has 30 heavy (non-hydrogen) atoms. The molecule has 1 amide bonds. The molecule has 2 N–H and O–H groups in total. The summed E-state index contributed by atoms with van der Waals surface area (Å²) in [6.07, 6.45) is 0. The zero-order valence-electron chi connectivity index (χ0n) is 16.1. The van der Waals surface area contributed by atoms with Gasteiger partial charge >= 0.3 is 0 Å². The largest absolute Gasteiger partial charge is 0.484 e. The van der Waals surface area contributed by atoms with Crippen LogP contribution in [0.3, 0.4) is 0 Å². The van der Waals surface area contributed by atoms with Crippen LogP contribution in [-0.4, -0.2) is 22.5 Å². The Morgan fingerprint density at radius 2 is 1.63 bits per heavy atom.